The largest absolute Gasteiger partial charge is 0.384 e. The van der Waals surface area contributed by atoms with E-state index in [1.807, 2.05) is 17.0 Å². The van der Waals surface area contributed by atoms with E-state index in [1.54, 1.807) is 24.9 Å². The predicted octanol–water partition coefficient (Wildman–Crippen LogP) is 0.750. The molecule has 0 saturated heterocycles. The Balaban J connectivity index is 2.19. The predicted molar refractivity (Wildman–Crippen MR) is 60.1 cm³/mol. The molecule has 5 heteroatoms. The third-order valence-electron chi connectivity index (χ3n) is 2.12. The zero-order chi connectivity index (χ0) is 10.7. The van der Waals surface area contributed by atoms with E-state index in [4.69, 9.17) is 11.1 Å². The minimum atomic E-state index is 0.0610. The lowest BCUT2D eigenvalue weighted by molar-refractivity contribution is 1.08. The van der Waals surface area contributed by atoms with E-state index in [1.165, 1.54) is 0 Å². The average Bonchev–Trinajstić information content (AvgIpc) is 2.30. The van der Waals surface area contributed by atoms with Crippen LogP contribution in [0.15, 0.2) is 41.3 Å². The molecule has 2 heterocycles. The van der Waals surface area contributed by atoms with E-state index in [2.05, 4.69) is 9.98 Å². The van der Waals surface area contributed by atoms with Crippen molar-refractivity contribution in [2.45, 2.75) is 0 Å². The topological polar surface area (TPSA) is 78.4 Å². The van der Waals surface area contributed by atoms with Crippen molar-refractivity contribution < 1.29 is 0 Å². The Bertz CT molecular complexity index is 421. The molecule has 2 rings (SSSR count). The van der Waals surface area contributed by atoms with E-state index in [0.29, 0.717) is 12.1 Å². The first kappa shape index (κ1) is 9.39. The van der Waals surface area contributed by atoms with Crippen LogP contribution in [0.1, 0.15) is 0 Å². The number of aliphatic imine (C=N–C) groups is 1. The van der Waals surface area contributed by atoms with Crippen LogP contribution >= 0.6 is 0 Å². The number of rotatable bonds is 2. The van der Waals surface area contributed by atoms with Gasteiger partial charge in [-0.1, -0.05) is 0 Å². The highest BCUT2D eigenvalue weighted by molar-refractivity contribution is 5.98. The van der Waals surface area contributed by atoms with Crippen LogP contribution in [0, 0.1) is 5.41 Å². The molecule has 3 N–H and O–H groups in total. The van der Waals surface area contributed by atoms with Gasteiger partial charge in [0.1, 0.15) is 5.84 Å². The number of hydrogen-bond donors (Lipinski definition) is 2. The number of anilines is 1. The molecule has 0 spiro atoms. The summed E-state index contributed by atoms with van der Waals surface area (Å²) in [5.74, 6) is 0.0610. The van der Waals surface area contributed by atoms with E-state index in [-0.39, 0.29) is 5.84 Å². The van der Waals surface area contributed by atoms with Crippen LogP contribution in [-0.4, -0.2) is 23.7 Å². The number of aromatic nitrogens is 1. The van der Waals surface area contributed by atoms with Crippen molar-refractivity contribution in [1.29, 1.82) is 5.41 Å². The zero-order valence-corrected chi connectivity index (χ0v) is 8.09. The molecule has 76 valence electrons. The van der Waals surface area contributed by atoms with Gasteiger partial charge in [-0.25, -0.2) is 4.99 Å². The summed E-state index contributed by atoms with van der Waals surface area (Å²) in [6.45, 7) is 0.572. The minimum absolute atomic E-state index is 0.0610. The Morgan fingerprint density at radius 2 is 2.13 bits per heavy atom. The minimum Gasteiger partial charge on any atom is -0.384 e. The quantitative estimate of drug-likeness (QED) is 0.547. The van der Waals surface area contributed by atoms with Gasteiger partial charge in [0, 0.05) is 29.9 Å². The van der Waals surface area contributed by atoms with Gasteiger partial charge >= 0.3 is 0 Å². The van der Waals surface area contributed by atoms with Crippen LogP contribution in [0.25, 0.3) is 0 Å². The van der Waals surface area contributed by atoms with Gasteiger partial charge in [0.25, 0.3) is 0 Å². The summed E-state index contributed by atoms with van der Waals surface area (Å²) < 4.78 is 0. The Kier molecular flexibility index (Phi) is 2.45. The molecular weight excluding hydrogens is 190 g/mol. The molecule has 1 aliphatic rings. The first-order valence-electron chi connectivity index (χ1n) is 4.51. The van der Waals surface area contributed by atoms with Crippen molar-refractivity contribution in [3.05, 3.63) is 36.3 Å². The first-order chi connectivity index (χ1) is 7.27. The van der Waals surface area contributed by atoms with Crippen LogP contribution < -0.4 is 10.6 Å². The summed E-state index contributed by atoms with van der Waals surface area (Å²) in [7, 11) is 0. The number of amidine groups is 1. The van der Waals surface area contributed by atoms with Crippen LogP contribution in [0.5, 0.6) is 0 Å². The lowest BCUT2D eigenvalue weighted by Crippen LogP contribution is -2.31. The van der Waals surface area contributed by atoms with Gasteiger partial charge in [-0.2, -0.15) is 0 Å². The molecule has 5 nitrogen and oxygen atoms in total. The van der Waals surface area contributed by atoms with Crippen molar-refractivity contribution in [1.82, 2.24) is 4.98 Å². The van der Waals surface area contributed by atoms with Crippen molar-refractivity contribution in [3.8, 4) is 0 Å². The van der Waals surface area contributed by atoms with Crippen molar-refractivity contribution in [2.24, 2.45) is 10.7 Å². The summed E-state index contributed by atoms with van der Waals surface area (Å²) >= 11 is 0. The molecule has 1 aliphatic heterocycles. The fraction of sp³-hybridized carbons (Fsp3) is 0.100. The lowest BCUT2D eigenvalue weighted by Gasteiger charge is -2.22. The van der Waals surface area contributed by atoms with Gasteiger partial charge in [0.05, 0.1) is 12.9 Å². The Labute approximate surface area is 87.5 Å². The highest BCUT2D eigenvalue weighted by atomic mass is 15.2. The smallest absolute Gasteiger partial charge is 0.122 e. The Morgan fingerprint density at radius 3 is 2.80 bits per heavy atom. The monoisotopic (exact) mass is 201 g/mol. The number of hydrogen-bond acceptors (Lipinski definition) is 4. The lowest BCUT2D eigenvalue weighted by atomic mass is 10.2. The molecule has 0 aliphatic carbocycles. The second-order valence-corrected chi connectivity index (χ2v) is 3.17. The summed E-state index contributed by atoms with van der Waals surface area (Å²) in [6.07, 6.45) is 6.76. The van der Waals surface area contributed by atoms with Crippen LogP contribution in [0.3, 0.4) is 0 Å². The fourth-order valence-corrected chi connectivity index (χ4v) is 1.32. The van der Waals surface area contributed by atoms with E-state index < -0.39 is 0 Å². The molecule has 0 atom stereocenters. The second-order valence-electron chi connectivity index (χ2n) is 3.17. The average molecular weight is 201 g/mol. The second kappa shape index (κ2) is 3.91. The SMILES string of the molecule is N=C(N)C1=CN=CN(c2ccncc2)C1. The maximum absolute atomic E-state index is 7.34. The van der Waals surface area contributed by atoms with Crippen molar-refractivity contribution in [2.75, 3.05) is 11.4 Å². The van der Waals surface area contributed by atoms with Gasteiger partial charge in [0.15, 0.2) is 0 Å². The van der Waals surface area contributed by atoms with E-state index in [0.717, 1.165) is 5.69 Å². The number of nitrogens with two attached hydrogens (primary N) is 1. The van der Waals surface area contributed by atoms with Gasteiger partial charge < -0.3 is 10.6 Å². The summed E-state index contributed by atoms with van der Waals surface area (Å²) in [5.41, 5.74) is 7.11. The molecule has 15 heavy (non-hydrogen) atoms. The molecule has 0 bridgehead atoms. The Morgan fingerprint density at radius 1 is 1.40 bits per heavy atom. The fourth-order valence-electron chi connectivity index (χ4n) is 1.32. The maximum Gasteiger partial charge on any atom is 0.122 e. The van der Waals surface area contributed by atoms with Gasteiger partial charge in [0.2, 0.25) is 0 Å². The van der Waals surface area contributed by atoms with Crippen LogP contribution in [0.4, 0.5) is 5.69 Å². The zero-order valence-electron chi connectivity index (χ0n) is 8.09. The number of pyridine rings is 1. The highest BCUT2D eigenvalue weighted by Gasteiger charge is 2.11. The van der Waals surface area contributed by atoms with Gasteiger partial charge in [-0.15, -0.1) is 0 Å². The first-order valence-corrected chi connectivity index (χ1v) is 4.51. The normalized spacial score (nSPS) is 14.9. The van der Waals surface area contributed by atoms with Crippen molar-refractivity contribution in [3.63, 3.8) is 0 Å². The highest BCUT2D eigenvalue weighted by Crippen LogP contribution is 2.14. The standard InChI is InChI=1S/C10H11N5/c11-10(12)8-5-14-7-15(6-8)9-1-3-13-4-2-9/h1-5,7H,6H2,(H3,11,12). The summed E-state index contributed by atoms with van der Waals surface area (Å²) in [4.78, 5) is 9.89. The molecule has 0 radical (unpaired) electrons. The van der Waals surface area contributed by atoms with Crippen LogP contribution in [-0.2, 0) is 0 Å². The van der Waals surface area contributed by atoms with Gasteiger partial charge in [-0.3, -0.25) is 10.4 Å². The molecular formula is C10H11N5. The van der Waals surface area contributed by atoms with E-state index >= 15 is 0 Å². The molecule has 0 aromatic carbocycles. The summed E-state index contributed by atoms with van der Waals surface area (Å²) in [5, 5.41) is 7.34. The van der Waals surface area contributed by atoms with E-state index in [9.17, 15) is 0 Å². The maximum atomic E-state index is 7.34. The molecule has 1 aromatic heterocycles. The molecule has 0 amide bonds. The molecule has 0 saturated carbocycles. The molecule has 0 fully saturated rings. The summed E-state index contributed by atoms with van der Waals surface area (Å²) in [6, 6.07) is 3.77. The van der Waals surface area contributed by atoms with Gasteiger partial charge in [-0.05, 0) is 12.1 Å². The third-order valence-corrected chi connectivity index (χ3v) is 2.12. The third kappa shape index (κ3) is 2.01. The van der Waals surface area contributed by atoms with Crippen molar-refractivity contribution >= 4 is 17.9 Å². The number of nitrogens with one attached hydrogen (secondary N) is 1. The van der Waals surface area contributed by atoms with Crippen LogP contribution in [0.2, 0.25) is 0 Å². The number of nitrogens with zero attached hydrogens (tertiary/aromatic N) is 3. The molecule has 1 aromatic rings. The molecule has 0 unspecified atom stereocenters. The Hall–Kier alpha value is -2.17.